The third-order valence-electron chi connectivity index (χ3n) is 5.72. The highest BCUT2D eigenvalue weighted by Gasteiger charge is 2.18. The van der Waals surface area contributed by atoms with Crippen molar-refractivity contribution in [1.29, 1.82) is 5.26 Å². The van der Waals surface area contributed by atoms with Gasteiger partial charge in [-0.1, -0.05) is 29.4 Å². The first-order chi connectivity index (χ1) is 17.9. The Morgan fingerprint density at radius 3 is 2.68 bits per heavy atom. The molecule has 5 aromatic rings. The Morgan fingerprint density at radius 2 is 1.86 bits per heavy atom. The summed E-state index contributed by atoms with van der Waals surface area (Å²) in [6.07, 6.45) is 3.60. The van der Waals surface area contributed by atoms with Gasteiger partial charge in [-0.05, 0) is 67.1 Å². The van der Waals surface area contributed by atoms with Gasteiger partial charge in [-0.25, -0.2) is 8.42 Å². The normalized spacial score (nSPS) is 11.6. The van der Waals surface area contributed by atoms with Crippen LogP contribution in [0.15, 0.2) is 95.1 Å². The molecule has 2 aromatic heterocycles. The molecule has 182 valence electrons. The lowest BCUT2D eigenvalue weighted by Crippen LogP contribution is -2.13. The van der Waals surface area contributed by atoms with Gasteiger partial charge in [0.1, 0.15) is 4.90 Å². The third kappa shape index (κ3) is 5.24. The summed E-state index contributed by atoms with van der Waals surface area (Å²) in [6, 6.07) is 24.6. The van der Waals surface area contributed by atoms with E-state index in [0.717, 1.165) is 22.0 Å². The van der Waals surface area contributed by atoms with E-state index in [4.69, 9.17) is 10.1 Å². The minimum absolute atomic E-state index is 0.113. The Morgan fingerprint density at radius 1 is 1.05 bits per heavy atom. The van der Waals surface area contributed by atoms with E-state index in [0.29, 0.717) is 34.5 Å². The van der Waals surface area contributed by atoms with E-state index in [1.54, 1.807) is 67.0 Å². The van der Waals surface area contributed by atoms with E-state index < -0.39 is 10.0 Å². The number of oxime groups is 1. The molecule has 0 saturated carbocycles. The van der Waals surface area contributed by atoms with Gasteiger partial charge in [0, 0.05) is 29.1 Å². The van der Waals surface area contributed by atoms with Crippen LogP contribution in [0.1, 0.15) is 16.8 Å². The second kappa shape index (κ2) is 10.0. The fraction of sp³-hybridized carbons (Fsp3) is 0.0714. The number of pyridine rings is 2. The summed E-state index contributed by atoms with van der Waals surface area (Å²) in [5.41, 5.74) is 3.79. The van der Waals surface area contributed by atoms with Crippen LogP contribution in [-0.4, -0.2) is 24.6 Å². The van der Waals surface area contributed by atoms with Gasteiger partial charge in [0.2, 0.25) is 0 Å². The Balaban J connectivity index is 1.36. The molecule has 0 saturated heterocycles. The number of sulfonamides is 1. The molecule has 0 spiro atoms. The highest BCUT2D eigenvalue weighted by molar-refractivity contribution is 7.93. The smallest absolute Gasteiger partial charge is 0.264 e. The summed E-state index contributed by atoms with van der Waals surface area (Å²) in [5.74, 6) is 0.524. The maximum Gasteiger partial charge on any atom is 0.264 e. The number of fused-ring (bicyclic) bond motifs is 2. The molecule has 9 heteroatoms. The number of aryl methyl sites for hydroxylation is 1. The molecular formula is C28H21N5O3S. The quantitative estimate of drug-likeness (QED) is 0.234. The average Bonchev–Trinajstić information content (AvgIpc) is 2.90. The lowest BCUT2D eigenvalue weighted by Gasteiger charge is -2.11. The van der Waals surface area contributed by atoms with Crippen molar-refractivity contribution in [3.05, 3.63) is 102 Å². The Labute approximate surface area is 213 Å². The second-order valence-corrected chi connectivity index (χ2v) is 9.97. The second-order valence-electron chi connectivity index (χ2n) is 8.32. The van der Waals surface area contributed by atoms with E-state index >= 15 is 0 Å². The van der Waals surface area contributed by atoms with Crippen LogP contribution in [-0.2, 0) is 16.4 Å². The van der Waals surface area contributed by atoms with Gasteiger partial charge in [0.05, 0.1) is 34.6 Å². The van der Waals surface area contributed by atoms with Crippen LogP contribution < -0.4 is 9.56 Å². The Bertz CT molecular complexity index is 1790. The van der Waals surface area contributed by atoms with Crippen LogP contribution in [0.3, 0.4) is 0 Å². The first-order valence-corrected chi connectivity index (χ1v) is 12.9. The molecule has 8 nitrogen and oxygen atoms in total. The molecule has 0 aliphatic rings. The molecule has 1 N–H and O–H groups in total. The number of nitrogens with zero attached hydrogens (tertiary/aromatic N) is 4. The number of benzene rings is 3. The van der Waals surface area contributed by atoms with Crippen molar-refractivity contribution in [1.82, 2.24) is 9.97 Å². The number of para-hydroxylation sites is 1. The van der Waals surface area contributed by atoms with Gasteiger partial charge in [-0.3, -0.25) is 14.7 Å². The lowest BCUT2D eigenvalue weighted by molar-refractivity contribution is 0.343. The molecule has 0 aliphatic heterocycles. The predicted octanol–water partition coefficient (Wildman–Crippen LogP) is 5.37. The minimum atomic E-state index is -3.87. The molecule has 37 heavy (non-hydrogen) atoms. The first-order valence-electron chi connectivity index (χ1n) is 11.4. The van der Waals surface area contributed by atoms with Gasteiger partial charge < -0.3 is 4.84 Å². The molecular weight excluding hydrogens is 486 g/mol. The largest absolute Gasteiger partial charge is 0.357 e. The van der Waals surface area contributed by atoms with E-state index in [1.807, 2.05) is 31.2 Å². The Kier molecular flexibility index (Phi) is 6.49. The minimum Gasteiger partial charge on any atom is -0.357 e. The topological polar surface area (TPSA) is 117 Å². The summed E-state index contributed by atoms with van der Waals surface area (Å²) in [6.45, 7) is 1.98. The SMILES string of the molecule is Cc1cc(CC=NOc2ccc(C#N)cc2)nc2cc(NS(=O)(=O)c3cccc4cccnc34)ccc12. The molecule has 2 heterocycles. The summed E-state index contributed by atoms with van der Waals surface area (Å²) >= 11 is 0. The fourth-order valence-electron chi connectivity index (χ4n) is 3.96. The molecule has 0 aliphatic carbocycles. The average molecular weight is 508 g/mol. The molecule has 0 amide bonds. The van der Waals surface area contributed by atoms with Gasteiger partial charge in [0.15, 0.2) is 5.75 Å². The van der Waals surface area contributed by atoms with Crippen molar-refractivity contribution in [3.63, 3.8) is 0 Å². The molecule has 0 radical (unpaired) electrons. The third-order valence-corrected chi connectivity index (χ3v) is 7.14. The van der Waals surface area contributed by atoms with Crippen LogP contribution >= 0.6 is 0 Å². The highest BCUT2D eigenvalue weighted by Crippen LogP contribution is 2.26. The fourth-order valence-corrected chi connectivity index (χ4v) is 5.19. The number of nitrogens with one attached hydrogen (secondary N) is 1. The van der Waals surface area contributed by atoms with Crippen LogP contribution in [0, 0.1) is 18.3 Å². The summed E-state index contributed by atoms with van der Waals surface area (Å²) in [4.78, 5) is 14.4. The molecule has 0 unspecified atom stereocenters. The van der Waals surface area contributed by atoms with Crippen molar-refractivity contribution in [2.45, 2.75) is 18.2 Å². The first kappa shape index (κ1) is 23.9. The summed E-state index contributed by atoms with van der Waals surface area (Å²) in [5, 5.41) is 14.5. The van der Waals surface area contributed by atoms with Crippen LogP contribution in [0.2, 0.25) is 0 Å². The molecule has 5 rings (SSSR count). The van der Waals surface area contributed by atoms with Crippen molar-refractivity contribution < 1.29 is 13.3 Å². The molecule has 0 fully saturated rings. The number of aromatic nitrogens is 2. The predicted molar refractivity (Wildman–Crippen MR) is 143 cm³/mol. The van der Waals surface area contributed by atoms with E-state index in [2.05, 4.69) is 25.9 Å². The van der Waals surface area contributed by atoms with Crippen LogP contribution in [0.25, 0.3) is 21.8 Å². The summed E-state index contributed by atoms with van der Waals surface area (Å²) < 4.78 is 29.1. The van der Waals surface area contributed by atoms with Crippen molar-refractivity contribution in [3.8, 4) is 11.8 Å². The maximum absolute atomic E-state index is 13.2. The Hall–Kier alpha value is -4.81. The number of hydrogen-bond donors (Lipinski definition) is 1. The zero-order chi connectivity index (χ0) is 25.8. The number of anilines is 1. The van der Waals surface area contributed by atoms with E-state index in [1.165, 1.54) is 0 Å². The number of hydrogen-bond acceptors (Lipinski definition) is 7. The monoisotopic (exact) mass is 507 g/mol. The number of nitriles is 1. The van der Waals surface area contributed by atoms with E-state index in [-0.39, 0.29) is 4.90 Å². The van der Waals surface area contributed by atoms with Crippen LogP contribution in [0.4, 0.5) is 5.69 Å². The molecule has 3 aromatic carbocycles. The highest BCUT2D eigenvalue weighted by atomic mass is 32.2. The van der Waals surface area contributed by atoms with E-state index in [9.17, 15) is 8.42 Å². The number of rotatable bonds is 7. The standard InChI is InChI=1S/C28H21N5O3S/c1-19-16-22(13-15-31-36-24-10-7-20(18-29)8-11-24)32-26-17-23(9-12-25(19)26)33-37(34,35)27-6-2-4-21-5-3-14-30-28(21)27/h2-12,14-17,33H,13H2,1H3. The maximum atomic E-state index is 13.2. The van der Waals surface area contributed by atoms with Crippen LogP contribution in [0.5, 0.6) is 5.75 Å². The zero-order valence-electron chi connectivity index (χ0n) is 19.8. The van der Waals surface area contributed by atoms with Gasteiger partial charge >= 0.3 is 0 Å². The zero-order valence-corrected chi connectivity index (χ0v) is 20.6. The van der Waals surface area contributed by atoms with Gasteiger partial charge in [0.25, 0.3) is 10.0 Å². The van der Waals surface area contributed by atoms with Crippen molar-refractivity contribution >= 4 is 43.7 Å². The lowest BCUT2D eigenvalue weighted by atomic mass is 10.1. The van der Waals surface area contributed by atoms with Gasteiger partial charge in [-0.2, -0.15) is 5.26 Å². The van der Waals surface area contributed by atoms with Crippen molar-refractivity contribution in [2.75, 3.05) is 4.72 Å². The van der Waals surface area contributed by atoms with Crippen molar-refractivity contribution in [2.24, 2.45) is 5.16 Å². The molecule has 0 atom stereocenters. The summed E-state index contributed by atoms with van der Waals surface area (Å²) in [7, 11) is -3.87. The molecule has 0 bridgehead atoms. The van der Waals surface area contributed by atoms with Gasteiger partial charge in [-0.15, -0.1) is 0 Å².